The zero-order valence-electron chi connectivity index (χ0n) is 11.9. The summed E-state index contributed by atoms with van der Waals surface area (Å²) in [4.78, 5) is 0. The van der Waals surface area contributed by atoms with E-state index < -0.39 is 5.82 Å². The summed E-state index contributed by atoms with van der Waals surface area (Å²) in [6.07, 6.45) is 0. The topological polar surface area (TPSA) is 45.0 Å². The van der Waals surface area contributed by atoms with E-state index in [1.807, 2.05) is 37.3 Å². The number of halogens is 1. The first-order valence-electron chi connectivity index (χ1n) is 6.84. The lowest BCUT2D eigenvalue weighted by Gasteiger charge is -2.12. The van der Waals surface area contributed by atoms with Gasteiger partial charge < -0.3 is 10.1 Å². The smallest absolute Gasteiger partial charge is 0.124 e. The van der Waals surface area contributed by atoms with Gasteiger partial charge in [-0.25, -0.2) is 4.39 Å². The molecule has 108 valence electrons. The Labute approximate surface area is 124 Å². The van der Waals surface area contributed by atoms with Crippen molar-refractivity contribution in [2.45, 2.75) is 20.1 Å². The molecular weight excluding hydrogens is 267 g/mol. The molecule has 0 aliphatic carbocycles. The van der Waals surface area contributed by atoms with Crippen LogP contribution in [0.25, 0.3) is 0 Å². The summed E-state index contributed by atoms with van der Waals surface area (Å²) in [7, 11) is 0. The van der Waals surface area contributed by atoms with Crippen LogP contribution in [0.5, 0.6) is 5.75 Å². The number of hydrogen-bond donors (Lipinski definition) is 1. The van der Waals surface area contributed by atoms with Gasteiger partial charge in [0.2, 0.25) is 0 Å². The lowest BCUT2D eigenvalue weighted by atomic mass is 10.1. The van der Waals surface area contributed by atoms with Gasteiger partial charge in [0.05, 0.1) is 11.6 Å². The van der Waals surface area contributed by atoms with Gasteiger partial charge in [0.15, 0.2) is 0 Å². The van der Waals surface area contributed by atoms with Gasteiger partial charge in [-0.05, 0) is 36.4 Å². The number of para-hydroxylation sites is 1. The van der Waals surface area contributed by atoms with Crippen LogP contribution < -0.4 is 10.1 Å². The molecule has 0 aliphatic heterocycles. The van der Waals surface area contributed by atoms with Crippen LogP contribution in [-0.4, -0.2) is 6.54 Å². The van der Waals surface area contributed by atoms with Gasteiger partial charge in [0.25, 0.3) is 0 Å². The number of nitriles is 1. The van der Waals surface area contributed by atoms with Gasteiger partial charge in [-0.2, -0.15) is 5.26 Å². The molecule has 4 heteroatoms. The van der Waals surface area contributed by atoms with E-state index in [1.165, 1.54) is 12.1 Å². The molecular formula is C17H17FN2O. The standard InChI is InChI=1S/C17H17FN2O/c1-2-20-11-15-5-3-4-6-17(15)21-12-14-7-13(10-19)8-16(18)9-14/h3-9,20H,2,11-12H2,1H3. The number of hydrogen-bond acceptors (Lipinski definition) is 3. The zero-order valence-corrected chi connectivity index (χ0v) is 11.9. The fourth-order valence-electron chi connectivity index (χ4n) is 2.01. The molecule has 2 rings (SSSR count). The van der Waals surface area contributed by atoms with E-state index in [1.54, 1.807) is 6.07 Å². The molecule has 0 radical (unpaired) electrons. The molecule has 0 amide bonds. The maximum Gasteiger partial charge on any atom is 0.124 e. The minimum atomic E-state index is -0.423. The number of rotatable bonds is 6. The van der Waals surface area contributed by atoms with E-state index in [9.17, 15) is 4.39 Å². The first kappa shape index (κ1) is 15.0. The zero-order chi connectivity index (χ0) is 15.1. The third-order valence-corrected chi connectivity index (χ3v) is 3.02. The van der Waals surface area contributed by atoms with Crippen molar-refractivity contribution in [3.63, 3.8) is 0 Å². The average molecular weight is 284 g/mol. The van der Waals surface area contributed by atoms with Crippen LogP contribution in [0, 0.1) is 17.1 Å². The molecule has 0 heterocycles. The SMILES string of the molecule is CCNCc1ccccc1OCc1cc(F)cc(C#N)c1. The highest BCUT2D eigenvalue weighted by atomic mass is 19.1. The van der Waals surface area contributed by atoms with E-state index in [-0.39, 0.29) is 6.61 Å². The molecule has 0 aromatic heterocycles. The second-order valence-electron chi connectivity index (χ2n) is 4.64. The predicted molar refractivity (Wildman–Crippen MR) is 79.3 cm³/mol. The molecule has 21 heavy (non-hydrogen) atoms. The lowest BCUT2D eigenvalue weighted by Crippen LogP contribution is -2.12. The van der Waals surface area contributed by atoms with Crippen LogP contribution in [0.3, 0.4) is 0 Å². The molecule has 0 unspecified atom stereocenters. The molecule has 2 aromatic rings. The van der Waals surface area contributed by atoms with Crippen LogP contribution in [-0.2, 0) is 13.2 Å². The van der Waals surface area contributed by atoms with Gasteiger partial charge in [-0.3, -0.25) is 0 Å². The molecule has 0 spiro atoms. The summed E-state index contributed by atoms with van der Waals surface area (Å²) < 4.78 is 19.1. The van der Waals surface area contributed by atoms with Crippen molar-refractivity contribution >= 4 is 0 Å². The second kappa shape index (κ2) is 7.41. The van der Waals surface area contributed by atoms with Gasteiger partial charge in [-0.15, -0.1) is 0 Å². The van der Waals surface area contributed by atoms with E-state index in [0.29, 0.717) is 11.1 Å². The van der Waals surface area contributed by atoms with Crippen molar-refractivity contribution in [3.8, 4) is 11.8 Å². The quantitative estimate of drug-likeness (QED) is 0.884. The van der Waals surface area contributed by atoms with Crippen molar-refractivity contribution in [2.24, 2.45) is 0 Å². The Morgan fingerprint density at radius 2 is 2.05 bits per heavy atom. The molecule has 0 bridgehead atoms. The molecule has 0 fully saturated rings. The Morgan fingerprint density at radius 3 is 2.81 bits per heavy atom. The summed E-state index contributed by atoms with van der Waals surface area (Å²) in [5, 5.41) is 12.1. The maximum atomic E-state index is 13.4. The second-order valence-corrected chi connectivity index (χ2v) is 4.64. The maximum absolute atomic E-state index is 13.4. The summed E-state index contributed by atoms with van der Waals surface area (Å²) in [5.74, 6) is 0.342. The van der Waals surface area contributed by atoms with Crippen LogP contribution in [0.4, 0.5) is 4.39 Å². The Hall–Kier alpha value is -2.38. The summed E-state index contributed by atoms with van der Waals surface area (Å²) in [6, 6.07) is 13.9. The highest BCUT2D eigenvalue weighted by Crippen LogP contribution is 2.20. The molecule has 2 aromatic carbocycles. The fourth-order valence-corrected chi connectivity index (χ4v) is 2.01. The number of nitrogens with zero attached hydrogens (tertiary/aromatic N) is 1. The molecule has 1 N–H and O–H groups in total. The third kappa shape index (κ3) is 4.30. The van der Waals surface area contributed by atoms with Gasteiger partial charge in [0, 0.05) is 12.1 Å². The van der Waals surface area contributed by atoms with E-state index >= 15 is 0 Å². The highest BCUT2D eigenvalue weighted by Gasteiger charge is 2.05. The van der Waals surface area contributed by atoms with Crippen molar-refractivity contribution in [2.75, 3.05) is 6.54 Å². The summed E-state index contributed by atoms with van der Waals surface area (Å²) >= 11 is 0. The van der Waals surface area contributed by atoms with Crippen molar-refractivity contribution < 1.29 is 9.13 Å². The summed E-state index contributed by atoms with van der Waals surface area (Å²) in [6.45, 7) is 3.87. The summed E-state index contributed by atoms with van der Waals surface area (Å²) in [5.41, 5.74) is 2.00. The normalized spacial score (nSPS) is 10.1. The van der Waals surface area contributed by atoms with Gasteiger partial charge in [0.1, 0.15) is 18.2 Å². The van der Waals surface area contributed by atoms with Gasteiger partial charge in [-0.1, -0.05) is 25.1 Å². The van der Waals surface area contributed by atoms with E-state index in [0.717, 1.165) is 24.4 Å². The Bertz CT molecular complexity index is 649. The van der Waals surface area contributed by atoms with E-state index in [4.69, 9.17) is 10.00 Å². The average Bonchev–Trinajstić information content (AvgIpc) is 2.51. The molecule has 3 nitrogen and oxygen atoms in total. The van der Waals surface area contributed by atoms with Crippen LogP contribution in [0.2, 0.25) is 0 Å². The third-order valence-electron chi connectivity index (χ3n) is 3.02. The lowest BCUT2D eigenvalue weighted by molar-refractivity contribution is 0.301. The first-order chi connectivity index (χ1) is 10.2. The minimum Gasteiger partial charge on any atom is -0.489 e. The van der Waals surface area contributed by atoms with Crippen LogP contribution in [0.1, 0.15) is 23.6 Å². The van der Waals surface area contributed by atoms with Crippen LogP contribution in [0.15, 0.2) is 42.5 Å². The fraction of sp³-hybridized carbons (Fsp3) is 0.235. The monoisotopic (exact) mass is 284 g/mol. The van der Waals surface area contributed by atoms with Crippen molar-refractivity contribution in [1.82, 2.24) is 5.32 Å². The Kier molecular flexibility index (Phi) is 5.30. The number of ether oxygens (including phenoxy) is 1. The molecule has 0 atom stereocenters. The predicted octanol–water partition coefficient (Wildman–Crippen LogP) is 3.39. The molecule has 0 saturated heterocycles. The van der Waals surface area contributed by atoms with Crippen molar-refractivity contribution in [3.05, 3.63) is 65.0 Å². The van der Waals surface area contributed by atoms with E-state index in [2.05, 4.69) is 5.32 Å². The molecule has 0 saturated carbocycles. The van der Waals surface area contributed by atoms with Gasteiger partial charge >= 0.3 is 0 Å². The first-order valence-corrected chi connectivity index (χ1v) is 6.84. The minimum absolute atomic E-state index is 0.232. The number of nitrogens with one attached hydrogen (secondary N) is 1. The largest absolute Gasteiger partial charge is 0.489 e. The highest BCUT2D eigenvalue weighted by molar-refractivity contribution is 5.35. The number of benzene rings is 2. The Balaban J connectivity index is 2.09. The Morgan fingerprint density at radius 1 is 1.24 bits per heavy atom. The van der Waals surface area contributed by atoms with Crippen molar-refractivity contribution in [1.29, 1.82) is 5.26 Å². The molecule has 0 aliphatic rings. The van der Waals surface area contributed by atoms with Crippen LogP contribution >= 0.6 is 0 Å².